The Morgan fingerprint density at radius 2 is 1.81 bits per heavy atom. The minimum Gasteiger partial charge on any atom is -0.513 e. The van der Waals surface area contributed by atoms with E-state index in [0.29, 0.717) is 35.6 Å². The third kappa shape index (κ3) is 5.45. The highest BCUT2D eigenvalue weighted by Crippen LogP contribution is 2.43. The average molecular weight is 471 g/mol. The van der Waals surface area contributed by atoms with Gasteiger partial charge in [-0.25, -0.2) is 0 Å². The molecule has 9 heteroatoms. The number of rotatable bonds is 8. The highest BCUT2D eigenvalue weighted by Gasteiger charge is 2.57. The molecule has 1 aromatic rings. The second-order valence-electron chi connectivity index (χ2n) is 9.54. The van der Waals surface area contributed by atoms with E-state index in [4.69, 9.17) is 32.5 Å². The normalized spacial score (nSPS) is 26.9. The zero-order valence-corrected chi connectivity index (χ0v) is 20.2. The topological polar surface area (TPSA) is 64.6 Å². The lowest BCUT2D eigenvalue weighted by Crippen LogP contribution is -2.76. The number of hydrogen-bond donors (Lipinski definition) is 1. The first-order valence-corrected chi connectivity index (χ1v) is 11.9. The Morgan fingerprint density at radius 1 is 1.16 bits per heavy atom. The molecule has 2 aliphatic heterocycles. The van der Waals surface area contributed by atoms with Gasteiger partial charge in [0, 0.05) is 51.2 Å². The van der Waals surface area contributed by atoms with E-state index < -0.39 is 12.6 Å². The third-order valence-electron chi connectivity index (χ3n) is 6.69. The molecule has 1 amide bonds. The highest BCUT2D eigenvalue weighted by molar-refractivity contribution is 6.62. The third-order valence-corrected chi connectivity index (χ3v) is 7.25. The lowest BCUT2D eigenvalue weighted by Gasteiger charge is -2.64. The summed E-state index contributed by atoms with van der Waals surface area (Å²) in [4.78, 5) is 25.5. The van der Waals surface area contributed by atoms with Crippen LogP contribution >= 0.6 is 23.2 Å². The van der Waals surface area contributed by atoms with Gasteiger partial charge in [-0.05, 0) is 36.4 Å². The first-order chi connectivity index (χ1) is 14.7. The zero-order chi connectivity index (χ0) is 22.6. The summed E-state index contributed by atoms with van der Waals surface area (Å²) in [5.41, 5.74) is 0.263. The zero-order valence-electron chi connectivity index (χ0n) is 18.7. The number of quaternary nitrogens is 1. The number of fused-ring (bicyclic) bond motifs is 1. The van der Waals surface area contributed by atoms with Crippen LogP contribution in [-0.2, 0) is 14.1 Å². The van der Waals surface area contributed by atoms with Crippen molar-refractivity contribution in [1.82, 2.24) is 5.32 Å². The van der Waals surface area contributed by atoms with E-state index in [1.165, 1.54) is 6.07 Å². The maximum atomic E-state index is 13.0. The van der Waals surface area contributed by atoms with Crippen molar-refractivity contribution in [2.75, 3.05) is 39.9 Å². The molecule has 0 aliphatic carbocycles. The minimum atomic E-state index is -1.63. The van der Waals surface area contributed by atoms with Gasteiger partial charge in [0.2, 0.25) is 0 Å². The second kappa shape index (κ2) is 10.2. The lowest BCUT2D eigenvalue weighted by atomic mass is 9.49. The van der Waals surface area contributed by atoms with E-state index in [9.17, 15) is 9.59 Å². The number of benzene rings is 1. The van der Waals surface area contributed by atoms with Crippen molar-refractivity contribution in [2.24, 2.45) is 5.92 Å². The average Bonchev–Trinajstić information content (AvgIpc) is 2.72. The van der Waals surface area contributed by atoms with Crippen LogP contribution in [0.2, 0.25) is 15.9 Å². The minimum absolute atomic E-state index is 0.0234. The van der Waals surface area contributed by atoms with Crippen LogP contribution in [0, 0.1) is 5.92 Å². The quantitative estimate of drug-likeness (QED) is 0.574. The molecule has 0 unspecified atom stereocenters. The summed E-state index contributed by atoms with van der Waals surface area (Å²) in [6, 6.07) is 4.69. The smallest absolute Gasteiger partial charge is 0.475 e. The Balaban J connectivity index is 1.71. The largest absolute Gasteiger partial charge is 0.513 e. The van der Waals surface area contributed by atoms with Crippen molar-refractivity contribution in [3.05, 3.63) is 33.8 Å². The van der Waals surface area contributed by atoms with Crippen molar-refractivity contribution >= 4 is 41.6 Å². The summed E-state index contributed by atoms with van der Waals surface area (Å²) in [6.45, 7) is 5.97. The summed E-state index contributed by atoms with van der Waals surface area (Å²) in [5.74, 6) is -0.0696. The number of halogens is 2. The molecule has 0 saturated carbocycles. The molecule has 31 heavy (non-hydrogen) atoms. The number of ketones is 1. The molecule has 6 nitrogen and oxygen atoms in total. The van der Waals surface area contributed by atoms with Gasteiger partial charge < -0.3 is 19.0 Å². The van der Waals surface area contributed by atoms with E-state index in [0.717, 1.165) is 36.7 Å². The fourth-order valence-electron chi connectivity index (χ4n) is 5.34. The van der Waals surface area contributed by atoms with Crippen molar-refractivity contribution in [3.8, 4) is 0 Å². The Labute approximate surface area is 195 Å². The van der Waals surface area contributed by atoms with Gasteiger partial charge in [0.05, 0.1) is 17.1 Å². The van der Waals surface area contributed by atoms with Crippen LogP contribution in [0.3, 0.4) is 0 Å². The fraction of sp³-hybridized carbons (Fsp3) is 0.636. The van der Waals surface area contributed by atoms with Gasteiger partial charge in [-0.2, -0.15) is 0 Å². The van der Waals surface area contributed by atoms with Crippen LogP contribution in [0.4, 0.5) is 0 Å². The van der Waals surface area contributed by atoms with Crippen molar-refractivity contribution in [3.63, 3.8) is 0 Å². The molecule has 0 aromatic heterocycles. The van der Waals surface area contributed by atoms with Gasteiger partial charge in [-0.3, -0.25) is 9.59 Å². The molecular formula is C22H33BCl2N2O4. The number of Topliss-reactive ketones (excluding diaryl/α,β-unsaturated/α-hetero) is 1. The summed E-state index contributed by atoms with van der Waals surface area (Å²) < 4.78 is 13.5. The summed E-state index contributed by atoms with van der Waals surface area (Å²) >= 11 is 12.1. The van der Waals surface area contributed by atoms with Gasteiger partial charge in [-0.15, -0.1) is 0 Å². The van der Waals surface area contributed by atoms with Gasteiger partial charge in [0.15, 0.2) is 0 Å². The highest BCUT2D eigenvalue weighted by atomic mass is 35.5. The molecule has 0 spiro atoms. The Kier molecular flexibility index (Phi) is 8.08. The molecule has 2 heterocycles. The van der Waals surface area contributed by atoms with E-state index in [2.05, 4.69) is 26.2 Å². The van der Waals surface area contributed by atoms with E-state index in [1.807, 2.05) is 0 Å². The Hall–Kier alpha value is -1.12. The number of nitrogens with zero attached hydrogens (tertiary/aromatic N) is 1. The molecule has 2 saturated heterocycles. The summed E-state index contributed by atoms with van der Waals surface area (Å²) in [6.07, 6.45) is 3.16. The molecule has 1 aromatic carbocycles. The number of nitrogens with one attached hydrogen (secondary N) is 1. The van der Waals surface area contributed by atoms with Crippen LogP contribution in [0.5, 0.6) is 0 Å². The molecule has 172 valence electrons. The second-order valence-corrected chi connectivity index (χ2v) is 10.4. The maximum Gasteiger partial charge on any atom is 0.475 e. The monoisotopic (exact) mass is 470 g/mol. The molecule has 3 rings (SSSR count). The number of amides is 1. The SMILES string of the molecule is CC(C)C[C@H](CC(=O)CNC(=O)c1cc(Cl)ccc1Cl)[B-]12OCCC[N+]1(C)CCCO2. The Morgan fingerprint density at radius 3 is 2.42 bits per heavy atom. The van der Waals surface area contributed by atoms with Crippen LogP contribution < -0.4 is 5.32 Å². The summed E-state index contributed by atoms with van der Waals surface area (Å²) in [5, 5.41) is 3.41. The predicted octanol–water partition coefficient (Wildman–Crippen LogP) is 4.32. The lowest BCUT2D eigenvalue weighted by molar-refractivity contribution is -0.842. The fourth-order valence-corrected chi connectivity index (χ4v) is 5.71. The first kappa shape index (κ1) is 24.5. The molecular weight excluding hydrogens is 438 g/mol. The van der Waals surface area contributed by atoms with Crippen LogP contribution in [0.15, 0.2) is 18.2 Å². The molecule has 1 atom stereocenters. The van der Waals surface area contributed by atoms with E-state index in [1.54, 1.807) is 12.1 Å². The van der Waals surface area contributed by atoms with Crippen LogP contribution in [0.1, 0.15) is 49.9 Å². The van der Waals surface area contributed by atoms with Gasteiger partial charge >= 0.3 is 6.69 Å². The standard InChI is InChI=1S/C22H33BCl2N2O4/c1-16(2)12-17(23-27(3,8-4-10-30-23)9-5-11-31-23)13-19(28)15-26-22(29)20-14-18(24)6-7-21(20)25/h6-7,14,16-17H,4-5,8-13,15H2,1-3H3,(H,26,29)/t17-,23?,27?/m1/s1. The molecule has 0 radical (unpaired) electrons. The molecule has 2 aliphatic rings. The molecule has 2 fully saturated rings. The van der Waals surface area contributed by atoms with E-state index in [-0.39, 0.29) is 23.7 Å². The van der Waals surface area contributed by atoms with Crippen molar-refractivity contribution in [1.29, 1.82) is 0 Å². The predicted molar refractivity (Wildman–Crippen MR) is 124 cm³/mol. The van der Waals surface area contributed by atoms with E-state index >= 15 is 0 Å². The van der Waals surface area contributed by atoms with Gasteiger partial charge in [0.25, 0.3) is 5.91 Å². The van der Waals surface area contributed by atoms with Crippen molar-refractivity contribution < 1.29 is 23.3 Å². The number of hydrogen-bond acceptors (Lipinski definition) is 4. The number of carbonyl (C=O) groups is 2. The number of carbonyl (C=O) groups excluding carboxylic acids is 2. The first-order valence-electron chi connectivity index (χ1n) is 11.2. The van der Waals surface area contributed by atoms with Gasteiger partial charge in [0.1, 0.15) is 5.78 Å². The van der Waals surface area contributed by atoms with Crippen LogP contribution in [-0.4, -0.2) is 62.7 Å². The summed E-state index contributed by atoms with van der Waals surface area (Å²) in [7, 11) is 2.21. The van der Waals surface area contributed by atoms with Crippen molar-refractivity contribution in [2.45, 2.75) is 45.3 Å². The molecule has 1 N–H and O–H groups in total. The van der Waals surface area contributed by atoms with Crippen LogP contribution in [0.25, 0.3) is 0 Å². The van der Waals surface area contributed by atoms with Gasteiger partial charge in [-0.1, -0.05) is 43.5 Å². The Bertz CT molecular complexity index is 809. The molecule has 0 bridgehead atoms. The maximum absolute atomic E-state index is 13.0.